The molecule has 1 heterocycles. The highest BCUT2D eigenvalue weighted by molar-refractivity contribution is 5.92. The first-order valence-corrected chi connectivity index (χ1v) is 13.4. The SMILES string of the molecule is CN(C(=O)N(C)[C@@H]1CN(C(=O)NC2CCC(N)CC2)C[C@H]1c1ccc(F)cc1)c1cc(C(F)(F)F)cc(C(F)(F)F)c1.Cl. The molecule has 0 spiro atoms. The van der Waals surface area contributed by atoms with Crippen LogP contribution in [-0.4, -0.2) is 67.2 Å². The smallest absolute Gasteiger partial charge is 0.335 e. The maximum absolute atomic E-state index is 13.7. The van der Waals surface area contributed by atoms with Crippen LogP contribution in [0, 0.1) is 5.82 Å². The summed E-state index contributed by atoms with van der Waals surface area (Å²) in [5.74, 6) is -1.00. The Hall–Kier alpha value is -3.26. The number of carbonyl (C=O) groups excluding carboxylic acids is 2. The van der Waals surface area contributed by atoms with Gasteiger partial charge in [0.15, 0.2) is 0 Å². The fourth-order valence-electron chi connectivity index (χ4n) is 5.53. The second-order valence-corrected chi connectivity index (χ2v) is 10.9. The van der Waals surface area contributed by atoms with E-state index in [9.17, 15) is 40.3 Å². The monoisotopic (exact) mass is 639 g/mol. The summed E-state index contributed by atoms with van der Waals surface area (Å²) in [5.41, 5.74) is 2.86. The molecule has 2 atom stereocenters. The van der Waals surface area contributed by atoms with Crippen LogP contribution in [0.5, 0.6) is 0 Å². The Morgan fingerprint density at radius 1 is 0.884 bits per heavy atom. The number of hydrogen-bond acceptors (Lipinski definition) is 3. The molecule has 0 unspecified atom stereocenters. The van der Waals surface area contributed by atoms with Crippen molar-refractivity contribution in [2.24, 2.45) is 5.73 Å². The first-order valence-electron chi connectivity index (χ1n) is 13.4. The van der Waals surface area contributed by atoms with E-state index < -0.39 is 53.0 Å². The van der Waals surface area contributed by atoms with Gasteiger partial charge >= 0.3 is 24.4 Å². The number of likely N-dealkylation sites (N-methyl/N-ethyl adjacent to an activating group) is 1. The Labute approximate surface area is 250 Å². The molecular weight excluding hydrogens is 607 g/mol. The molecule has 7 nitrogen and oxygen atoms in total. The molecule has 15 heteroatoms. The number of carbonyl (C=O) groups is 2. The lowest BCUT2D eigenvalue weighted by molar-refractivity contribution is -0.143. The van der Waals surface area contributed by atoms with Crippen LogP contribution in [0.2, 0.25) is 0 Å². The van der Waals surface area contributed by atoms with Gasteiger partial charge in [0.2, 0.25) is 0 Å². The Bertz CT molecular complexity index is 1250. The quantitative estimate of drug-likeness (QED) is 0.390. The summed E-state index contributed by atoms with van der Waals surface area (Å²) in [6.45, 7) is 0.185. The van der Waals surface area contributed by atoms with E-state index in [0.29, 0.717) is 35.4 Å². The average molecular weight is 640 g/mol. The molecule has 2 aliphatic rings. The van der Waals surface area contributed by atoms with Crippen molar-refractivity contribution in [1.82, 2.24) is 15.1 Å². The van der Waals surface area contributed by atoms with Gasteiger partial charge in [0, 0.05) is 50.9 Å². The van der Waals surface area contributed by atoms with Gasteiger partial charge in [-0.3, -0.25) is 4.90 Å². The molecule has 238 valence electrons. The number of nitrogens with zero attached hydrogens (tertiary/aromatic N) is 3. The van der Waals surface area contributed by atoms with Crippen molar-refractivity contribution in [1.29, 1.82) is 0 Å². The van der Waals surface area contributed by atoms with E-state index in [4.69, 9.17) is 5.73 Å². The number of benzene rings is 2. The second-order valence-electron chi connectivity index (χ2n) is 10.9. The van der Waals surface area contributed by atoms with Crippen LogP contribution >= 0.6 is 12.4 Å². The number of likely N-dealkylation sites (tertiary alicyclic amines) is 1. The van der Waals surface area contributed by atoms with E-state index in [1.807, 2.05) is 0 Å². The van der Waals surface area contributed by atoms with Gasteiger partial charge in [0.05, 0.1) is 17.2 Å². The Morgan fingerprint density at radius 3 is 1.93 bits per heavy atom. The molecule has 0 aromatic heterocycles. The minimum absolute atomic E-state index is 0. The summed E-state index contributed by atoms with van der Waals surface area (Å²) in [7, 11) is 2.44. The van der Waals surface area contributed by atoms with Gasteiger partial charge in [0.1, 0.15) is 5.82 Å². The molecule has 1 saturated carbocycles. The van der Waals surface area contributed by atoms with Gasteiger partial charge in [-0.1, -0.05) is 12.1 Å². The van der Waals surface area contributed by atoms with Crippen LogP contribution in [0.1, 0.15) is 48.3 Å². The predicted octanol–water partition coefficient (Wildman–Crippen LogP) is 6.22. The lowest BCUT2D eigenvalue weighted by atomic mass is 9.92. The van der Waals surface area contributed by atoms with Crippen LogP contribution in [0.25, 0.3) is 0 Å². The number of halogens is 8. The van der Waals surface area contributed by atoms with Crippen LogP contribution in [0.3, 0.4) is 0 Å². The third-order valence-corrected chi connectivity index (χ3v) is 8.02. The third kappa shape index (κ3) is 8.02. The first-order chi connectivity index (χ1) is 19.5. The zero-order chi connectivity index (χ0) is 31.0. The van der Waals surface area contributed by atoms with E-state index in [1.165, 1.54) is 41.1 Å². The second kappa shape index (κ2) is 13.2. The van der Waals surface area contributed by atoms with Crippen molar-refractivity contribution < 1.29 is 40.3 Å². The van der Waals surface area contributed by atoms with Gasteiger partial charge in [-0.2, -0.15) is 26.3 Å². The third-order valence-electron chi connectivity index (χ3n) is 8.02. The molecule has 1 aliphatic carbocycles. The lowest BCUT2D eigenvalue weighted by Gasteiger charge is -2.33. The summed E-state index contributed by atoms with van der Waals surface area (Å²) >= 11 is 0. The zero-order valence-corrected chi connectivity index (χ0v) is 24.2. The van der Waals surface area contributed by atoms with Crippen molar-refractivity contribution in [3.8, 4) is 0 Å². The maximum Gasteiger partial charge on any atom is 0.416 e. The summed E-state index contributed by atoms with van der Waals surface area (Å²) < 4.78 is 94.2. The first kappa shape index (κ1) is 34.2. The van der Waals surface area contributed by atoms with E-state index in [1.54, 1.807) is 0 Å². The van der Waals surface area contributed by atoms with Crippen LogP contribution in [0.15, 0.2) is 42.5 Å². The van der Waals surface area contributed by atoms with E-state index in [2.05, 4.69) is 5.32 Å². The van der Waals surface area contributed by atoms with E-state index in [-0.39, 0.29) is 49.7 Å². The summed E-state index contributed by atoms with van der Waals surface area (Å²) in [5, 5.41) is 2.98. The summed E-state index contributed by atoms with van der Waals surface area (Å²) in [6, 6.07) is 4.47. The maximum atomic E-state index is 13.7. The highest BCUT2D eigenvalue weighted by Gasteiger charge is 2.42. The summed E-state index contributed by atoms with van der Waals surface area (Å²) in [6.07, 6.45) is -7.20. The van der Waals surface area contributed by atoms with E-state index in [0.717, 1.165) is 19.9 Å². The zero-order valence-electron chi connectivity index (χ0n) is 23.4. The van der Waals surface area contributed by atoms with Gasteiger partial charge in [-0.05, 0) is 61.6 Å². The van der Waals surface area contributed by atoms with Gasteiger partial charge in [-0.25, -0.2) is 14.0 Å². The Balaban J connectivity index is 0.00000506. The average Bonchev–Trinajstić information content (AvgIpc) is 3.38. The molecule has 4 rings (SSSR count). The number of nitrogens with two attached hydrogens (primary N) is 1. The fraction of sp³-hybridized carbons (Fsp3) is 0.500. The number of urea groups is 2. The number of anilines is 1. The molecule has 2 aromatic carbocycles. The highest BCUT2D eigenvalue weighted by Crippen LogP contribution is 2.39. The summed E-state index contributed by atoms with van der Waals surface area (Å²) in [4.78, 5) is 30.1. The van der Waals surface area contributed by atoms with Crippen molar-refractivity contribution in [2.75, 3.05) is 32.1 Å². The normalized spacial score (nSPS) is 22.5. The van der Waals surface area contributed by atoms with E-state index >= 15 is 0 Å². The molecule has 4 amide bonds. The van der Waals surface area contributed by atoms with Crippen molar-refractivity contribution in [2.45, 2.75) is 62.1 Å². The number of hydrogen-bond donors (Lipinski definition) is 2. The number of rotatable bonds is 4. The molecule has 43 heavy (non-hydrogen) atoms. The van der Waals surface area contributed by atoms with Crippen molar-refractivity contribution in [3.63, 3.8) is 0 Å². The minimum atomic E-state index is -5.08. The minimum Gasteiger partial charge on any atom is -0.335 e. The number of nitrogens with one attached hydrogen (secondary N) is 1. The predicted molar refractivity (Wildman–Crippen MR) is 149 cm³/mol. The molecule has 2 fully saturated rings. The van der Waals surface area contributed by atoms with Crippen molar-refractivity contribution >= 4 is 30.2 Å². The Morgan fingerprint density at radius 2 is 1.42 bits per heavy atom. The molecule has 2 aromatic rings. The van der Waals surface area contributed by atoms with Crippen molar-refractivity contribution in [3.05, 3.63) is 65.0 Å². The molecule has 0 bridgehead atoms. The fourth-order valence-corrected chi connectivity index (χ4v) is 5.53. The number of alkyl halides is 6. The molecule has 3 N–H and O–H groups in total. The Kier molecular flexibility index (Phi) is 10.5. The van der Waals surface area contributed by atoms with Gasteiger partial charge < -0.3 is 20.9 Å². The van der Waals surface area contributed by atoms with Crippen LogP contribution in [0.4, 0.5) is 46.0 Å². The molecule has 1 saturated heterocycles. The van der Waals surface area contributed by atoms with Crippen LogP contribution in [-0.2, 0) is 12.4 Å². The standard InChI is InChI=1S/C28H32F7N5O2.ClH/c1-38(22-12-17(27(30,31)32)11-18(13-22)28(33,34)35)26(42)39(2)24-15-40(14-23(24)16-3-5-19(29)6-4-16)25(41)37-21-9-7-20(36)8-10-21;/h3-6,11-13,20-21,23-24H,7-10,14-15,36H2,1-2H3,(H,37,41);1H/t20?,21?,23-,24+;/m0./s1. The molecule has 0 radical (unpaired) electrons. The number of amides is 4. The lowest BCUT2D eigenvalue weighted by Crippen LogP contribution is -2.49. The van der Waals surface area contributed by atoms with Crippen LogP contribution < -0.4 is 16.0 Å². The molecular formula is C28H33ClF7N5O2. The van der Waals surface area contributed by atoms with Gasteiger partial charge in [-0.15, -0.1) is 12.4 Å². The van der Waals surface area contributed by atoms with Gasteiger partial charge in [0.25, 0.3) is 0 Å². The molecule has 1 aliphatic heterocycles. The topological polar surface area (TPSA) is 81.9 Å². The largest absolute Gasteiger partial charge is 0.416 e. The highest BCUT2D eigenvalue weighted by atomic mass is 35.5.